The van der Waals surface area contributed by atoms with Gasteiger partial charge in [0.05, 0.1) is 12.6 Å². The van der Waals surface area contributed by atoms with E-state index in [0.717, 1.165) is 0 Å². The van der Waals surface area contributed by atoms with Gasteiger partial charge in [-0.1, -0.05) is 13.8 Å². The summed E-state index contributed by atoms with van der Waals surface area (Å²) in [6.45, 7) is 4.78. The van der Waals surface area contributed by atoms with Gasteiger partial charge in [-0.15, -0.1) is 0 Å². The molecule has 2 nitrogen and oxygen atoms in total. The average molecular weight is 193 g/mol. The fourth-order valence-electron chi connectivity index (χ4n) is 1.82. The Morgan fingerprint density at radius 2 is 2.15 bits per heavy atom. The fraction of sp³-hybridized carbons (Fsp3) is 1.00. The van der Waals surface area contributed by atoms with Gasteiger partial charge in [0.1, 0.15) is 0 Å². The van der Waals surface area contributed by atoms with Crippen LogP contribution in [0.1, 0.15) is 20.3 Å². The lowest BCUT2D eigenvalue weighted by Gasteiger charge is -2.36. The largest absolute Gasteiger partial charge is 0.392 e. The van der Waals surface area contributed by atoms with Crippen molar-refractivity contribution in [3.63, 3.8) is 0 Å². The van der Waals surface area contributed by atoms with Crippen molar-refractivity contribution in [1.82, 2.24) is 4.90 Å². The van der Waals surface area contributed by atoms with Gasteiger partial charge in [0.2, 0.25) is 0 Å². The molecule has 0 aromatic rings. The van der Waals surface area contributed by atoms with Crippen molar-refractivity contribution in [1.29, 1.82) is 0 Å². The predicted molar refractivity (Wildman–Crippen MR) is 46.8 cm³/mol. The molecule has 0 amide bonds. The summed E-state index contributed by atoms with van der Waals surface area (Å²) in [5.41, 5.74) is 0. The molecule has 0 aliphatic carbocycles. The number of hydrogen-bond acceptors (Lipinski definition) is 2. The Morgan fingerprint density at radius 1 is 1.54 bits per heavy atom. The molecule has 1 aliphatic heterocycles. The van der Waals surface area contributed by atoms with Crippen LogP contribution in [0.2, 0.25) is 0 Å². The number of hydrogen-bond donors (Lipinski definition) is 1. The summed E-state index contributed by atoms with van der Waals surface area (Å²) in [6, 6.07) is 0. The Balaban J connectivity index is 2.48. The Bertz CT molecular complexity index is 171. The van der Waals surface area contributed by atoms with E-state index in [1.165, 1.54) is 0 Å². The summed E-state index contributed by atoms with van der Waals surface area (Å²) in [5, 5.41) is 9.21. The standard InChI is InChI=1S/C9H17F2NO/c1-7(2)4-12-5-8(13)3-9(10,11)6-12/h7-8,13H,3-6H2,1-2H3. The molecule has 13 heavy (non-hydrogen) atoms. The van der Waals surface area contributed by atoms with Crippen LogP contribution in [-0.4, -0.2) is 41.7 Å². The maximum absolute atomic E-state index is 13.0. The van der Waals surface area contributed by atoms with Crippen LogP contribution in [-0.2, 0) is 0 Å². The van der Waals surface area contributed by atoms with Crippen LogP contribution in [0, 0.1) is 5.92 Å². The van der Waals surface area contributed by atoms with Crippen molar-refractivity contribution in [3.05, 3.63) is 0 Å². The zero-order chi connectivity index (χ0) is 10.1. The van der Waals surface area contributed by atoms with Gasteiger partial charge < -0.3 is 5.11 Å². The van der Waals surface area contributed by atoms with Crippen LogP contribution in [0.15, 0.2) is 0 Å². The number of piperidine rings is 1. The van der Waals surface area contributed by atoms with Gasteiger partial charge in [-0.3, -0.25) is 4.90 Å². The molecular weight excluding hydrogens is 176 g/mol. The number of likely N-dealkylation sites (tertiary alicyclic amines) is 1. The second-order valence-corrected chi connectivity index (χ2v) is 4.30. The van der Waals surface area contributed by atoms with E-state index in [1.54, 1.807) is 4.90 Å². The third kappa shape index (κ3) is 3.56. The number of nitrogens with zero attached hydrogens (tertiary/aromatic N) is 1. The molecule has 1 aliphatic rings. The van der Waals surface area contributed by atoms with Crippen molar-refractivity contribution in [2.75, 3.05) is 19.6 Å². The summed E-state index contributed by atoms with van der Waals surface area (Å²) in [7, 11) is 0. The number of halogens is 2. The van der Waals surface area contributed by atoms with Crippen LogP contribution in [0.25, 0.3) is 0 Å². The van der Waals surface area contributed by atoms with E-state index in [-0.39, 0.29) is 13.0 Å². The Morgan fingerprint density at radius 3 is 2.62 bits per heavy atom. The van der Waals surface area contributed by atoms with E-state index in [4.69, 9.17) is 0 Å². The molecular formula is C9H17F2NO. The third-order valence-electron chi connectivity index (χ3n) is 2.08. The van der Waals surface area contributed by atoms with Crippen LogP contribution in [0.4, 0.5) is 8.78 Å². The van der Waals surface area contributed by atoms with Gasteiger partial charge in [0.25, 0.3) is 5.92 Å². The average Bonchev–Trinajstić information content (AvgIpc) is 1.78. The highest BCUT2D eigenvalue weighted by Gasteiger charge is 2.39. The van der Waals surface area contributed by atoms with Gasteiger partial charge in [0.15, 0.2) is 0 Å². The molecule has 1 heterocycles. The lowest BCUT2D eigenvalue weighted by atomic mass is 10.0. The minimum Gasteiger partial charge on any atom is -0.392 e. The summed E-state index contributed by atoms with van der Waals surface area (Å²) >= 11 is 0. The number of rotatable bonds is 2. The van der Waals surface area contributed by atoms with Crippen LogP contribution in [0.5, 0.6) is 0 Å². The van der Waals surface area contributed by atoms with E-state index >= 15 is 0 Å². The maximum Gasteiger partial charge on any atom is 0.263 e. The summed E-state index contributed by atoms with van der Waals surface area (Å²) in [6.07, 6.45) is -1.26. The number of alkyl halides is 2. The molecule has 0 aromatic heterocycles. The molecule has 78 valence electrons. The van der Waals surface area contributed by atoms with E-state index in [1.807, 2.05) is 13.8 Å². The monoisotopic (exact) mass is 193 g/mol. The number of β-amino-alcohol motifs (C(OH)–C–C–N with tert-alkyl or cyclic N) is 1. The smallest absolute Gasteiger partial charge is 0.263 e. The first-order valence-corrected chi connectivity index (χ1v) is 4.67. The van der Waals surface area contributed by atoms with Crippen LogP contribution in [0.3, 0.4) is 0 Å². The Labute approximate surface area is 77.5 Å². The van der Waals surface area contributed by atoms with Crippen molar-refractivity contribution in [2.45, 2.75) is 32.3 Å². The first-order valence-electron chi connectivity index (χ1n) is 4.67. The molecule has 1 unspecified atom stereocenters. The number of aliphatic hydroxyl groups is 1. The zero-order valence-electron chi connectivity index (χ0n) is 8.13. The summed E-state index contributed by atoms with van der Waals surface area (Å²) < 4.78 is 25.9. The number of aliphatic hydroxyl groups excluding tert-OH is 1. The summed E-state index contributed by atoms with van der Waals surface area (Å²) in [4.78, 5) is 1.64. The van der Waals surface area contributed by atoms with Crippen molar-refractivity contribution in [2.24, 2.45) is 5.92 Å². The molecule has 1 atom stereocenters. The van der Waals surface area contributed by atoms with Crippen LogP contribution >= 0.6 is 0 Å². The van der Waals surface area contributed by atoms with E-state index < -0.39 is 12.0 Å². The molecule has 1 N–H and O–H groups in total. The highest BCUT2D eigenvalue weighted by atomic mass is 19.3. The normalized spacial score (nSPS) is 29.5. The van der Waals surface area contributed by atoms with E-state index in [0.29, 0.717) is 19.0 Å². The van der Waals surface area contributed by atoms with Gasteiger partial charge in [-0.2, -0.15) is 0 Å². The lowest BCUT2D eigenvalue weighted by molar-refractivity contribution is -0.108. The van der Waals surface area contributed by atoms with Crippen LogP contribution < -0.4 is 0 Å². The highest BCUT2D eigenvalue weighted by molar-refractivity contribution is 4.84. The third-order valence-corrected chi connectivity index (χ3v) is 2.08. The van der Waals surface area contributed by atoms with Gasteiger partial charge in [-0.05, 0) is 5.92 Å². The summed E-state index contributed by atoms with van der Waals surface area (Å²) in [5.74, 6) is -2.35. The molecule has 0 aromatic carbocycles. The predicted octanol–water partition coefficient (Wildman–Crippen LogP) is 1.34. The first kappa shape index (κ1) is 10.9. The topological polar surface area (TPSA) is 23.5 Å². The van der Waals surface area contributed by atoms with E-state index in [2.05, 4.69) is 0 Å². The maximum atomic E-state index is 13.0. The van der Waals surface area contributed by atoms with Crippen molar-refractivity contribution in [3.8, 4) is 0 Å². The second-order valence-electron chi connectivity index (χ2n) is 4.30. The lowest BCUT2D eigenvalue weighted by Crippen LogP contribution is -2.50. The fourth-order valence-corrected chi connectivity index (χ4v) is 1.82. The van der Waals surface area contributed by atoms with E-state index in [9.17, 15) is 13.9 Å². The second kappa shape index (κ2) is 3.88. The molecule has 0 saturated carbocycles. The van der Waals surface area contributed by atoms with Gasteiger partial charge in [-0.25, -0.2) is 8.78 Å². The van der Waals surface area contributed by atoms with Gasteiger partial charge in [0, 0.05) is 19.5 Å². The van der Waals surface area contributed by atoms with Crippen molar-refractivity contribution < 1.29 is 13.9 Å². The first-order chi connectivity index (χ1) is 5.89. The molecule has 1 fully saturated rings. The quantitative estimate of drug-likeness (QED) is 0.715. The minimum atomic E-state index is -2.72. The van der Waals surface area contributed by atoms with Crippen molar-refractivity contribution >= 4 is 0 Å². The molecule has 4 heteroatoms. The minimum absolute atomic E-state index is 0.206. The molecule has 0 radical (unpaired) electrons. The Kier molecular flexibility index (Phi) is 3.24. The molecule has 0 spiro atoms. The zero-order valence-corrected chi connectivity index (χ0v) is 8.13. The molecule has 1 saturated heterocycles. The molecule has 0 bridgehead atoms. The highest BCUT2D eigenvalue weighted by Crippen LogP contribution is 2.27. The SMILES string of the molecule is CC(C)CN1CC(O)CC(F)(F)C1. The van der Waals surface area contributed by atoms with Gasteiger partial charge >= 0.3 is 0 Å². The Hall–Kier alpha value is -0.220. The molecule has 1 rings (SSSR count).